The van der Waals surface area contributed by atoms with Crippen molar-refractivity contribution in [1.29, 1.82) is 0 Å². The van der Waals surface area contributed by atoms with E-state index >= 15 is 0 Å². The SMILES string of the molecule is CCC1(O)CN(S(=O)(=O)c2ccc(Br)c(N)c2)C1. The average molecular weight is 335 g/mol. The quantitative estimate of drug-likeness (QED) is 0.813. The molecule has 5 nitrogen and oxygen atoms in total. The minimum Gasteiger partial charge on any atom is -0.398 e. The Labute approximate surface area is 115 Å². The van der Waals surface area contributed by atoms with Gasteiger partial charge in [0.05, 0.1) is 10.5 Å². The van der Waals surface area contributed by atoms with Crippen LogP contribution in [0.1, 0.15) is 13.3 Å². The van der Waals surface area contributed by atoms with Crippen molar-refractivity contribution in [2.45, 2.75) is 23.8 Å². The van der Waals surface area contributed by atoms with Crippen molar-refractivity contribution < 1.29 is 13.5 Å². The highest BCUT2D eigenvalue weighted by molar-refractivity contribution is 9.10. The van der Waals surface area contributed by atoms with Gasteiger partial charge in [-0.15, -0.1) is 0 Å². The van der Waals surface area contributed by atoms with Crippen LogP contribution in [-0.4, -0.2) is 36.5 Å². The maximum absolute atomic E-state index is 12.2. The molecule has 1 saturated heterocycles. The Balaban J connectivity index is 2.25. The van der Waals surface area contributed by atoms with Gasteiger partial charge in [0.15, 0.2) is 0 Å². The summed E-state index contributed by atoms with van der Waals surface area (Å²) in [4.78, 5) is 0.154. The minimum atomic E-state index is -3.55. The molecule has 0 atom stereocenters. The number of rotatable bonds is 3. The second-order valence-corrected chi connectivity index (χ2v) is 7.33. The Kier molecular flexibility index (Phi) is 3.44. The van der Waals surface area contributed by atoms with Crippen molar-refractivity contribution in [3.8, 4) is 0 Å². The van der Waals surface area contributed by atoms with Crippen molar-refractivity contribution in [1.82, 2.24) is 4.31 Å². The van der Waals surface area contributed by atoms with Crippen molar-refractivity contribution in [3.63, 3.8) is 0 Å². The Morgan fingerprint density at radius 2 is 2.11 bits per heavy atom. The molecule has 0 aliphatic carbocycles. The lowest BCUT2D eigenvalue weighted by Gasteiger charge is -2.44. The van der Waals surface area contributed by atoms with Crippen LogP contribution in [0.3, 0.4) is 0 Å². The molecular weight excluding hydrogens is 320 g/mol. The summed E-state index contributed by atoms with van der Waals surface area (Å²) in [6.07, 6.45) is 0.543. The van der Waals surface area contributed by atoms with Crippen LogP contribution in [0.25, 0.3) is 0 Å². The van der Waals surface area contributed by atoms with Gasteiger partial charge in [0.2, 0.25) is 10.0 Å². The summed E-state index contributed by atoms with van der Waals surface area (Å²) in [7, 11) is -3.55. The van der Waals surface area contributed by atoms with Crippen molar-refractivity contribution in [2.75, 3.05) is 18.8 Å². The molecule has 2 rings (SSSR count). The predicted molar refractivity (Wildman–Crippen MR) is 72.6 cm³/mol. The lowest BCUT2D eigenvalue weighted by molar-refractivity contribution is -0.0613. The van der Waals surface area contributed by atoms with Gasteiger partial charge in [-0.25, -0.2) is 8.42 Å². The number of hydrogen-bond acceptors (Lipinski definition) is 4. The van der Waals surface area contributed by atoms with Gasteiger partial charge in [0, 0.05) is 23.2 Å². The zero-order valence-corrected chi connectivity index (χ0v) is 12.3. The van der Waals surface area contributed by atoms with E-state index in [1.54, 1.807) is 6.07 Å². The molecule has 1 heterocycles. The standard InChI is InChI=1S/C11H15BrN2O3S/c1-2-11(15)6-14(7-11)18(16,17)8-3-4-9(12)10(13)5-8/h3-5,15H,2,6-7,13H2,1H3. The molecule has 0 saturated carbocycles. The normalized spacial score (nSPS) is 19.5. The highest BCUT2D eigenvalue weighted by atomic mass is 79.9. The number of sulfonamides is 1. The zero-order chi connectivity index (χ0) is 13.6. The maximum Gasteiger partial charge on any atom is 0.243 e. The number of nitrogens with zero attached hydrogens (tertiary/aromatic N) is 1. The second kappa shape index (κ2) is 4.48. The Morgan fingerprint density at radius 1 is 1.50 bits per heavy atom. The van der Waals surface area contributed by atoms with E-state index in [2.05, 4.69) is 15.9 Å². The molecule has 1 aliphatic rings. The smallest absolute Gasteiger partial charge is 0.243 e. The monoisotopic (exact) mass is 334 g/mol. The molecule has 0 aromatic heterocycles. The molecule has 1 fully saturated rings. The third kappa shape index (κ3) is 2.27. The van der Waals surface area contributed by atoms with E-state index in [1.165, 1.54) is 16.4 Å². The van der Waals surface area contributed by atoms with Crippen molar-refractivity contribution >= 4 is 31.6 Å². The number of nitrogens with two attached hydrogens (primary N) is 1. The van der Waals surface area contributed by atoms with Gasteiger partial charge in [-0.3, -0.25) is 0 Å². The number of benzene rings is 1. The topological polar surface area (TPSA) is 83.6 Å². The summed E-state index contributed by atoms with van der Waals surface area (Å²) < 4.78 is 26.4. The molecule has 1 aromatic rings. The number of anilines is 1. The van der Waals surface area contributed by atoms with E-state index in [4.69, 9.17) is 5.73 Å². The molecule has 100 valence electrons. The molecule has 1 aromatic carbocycles. The third-order valence-corrected chi connectivity index (χ3v) is 5.71. The molecule has 3 N–H and O–H groups in total. The van der Waals surface area contributed by atoms with Crippen LogP contribution in [0, 0.1) is 0 Å². The highest BCUT2D eigenvalue weighted by Gasteiger charge is 2.45. The Bertz CT molecular complexity index is 568. The third-order valence-electron chi connectivity index (χ3n) is 3.20. The molecule has 1 aliphatic heterocycles. The van der Waals surface area contributed by atoms with E-state index in [0.717, 1.165) is 0 Å². The first-order valence-corrected chi connectivity index (χ1v) is 7.79. The predicted octanol–water partition coefficient (Wildman–Crippen LogP) is 1.18. The number of β-amino-alcohol motifs (C(OH)–C–C–N with tert-alkyl or cyclic N) is 1. The summed E-state index contributed by atoms with van der Waals surface area (Å²) in [5.74, 6) is 0. The van der Waals surface area contributed by atoms with E-state index in [9.17, 15) is 13.5 Å². The first kappa shape index (κ1) is 13.8. The fraction of sp³-hybridized carbons (Fsp3) is 0.455. The number of hydrogen-bond donors (Lipinski definition) is 2. The van der Waals surface area contributed by atoms with Gasteiger partial charge in [-0.2, -0.15) is 4.31 Å². The zero-order valence-electron chi connectivity index (χ0n) is 9.93. The van der Waals surface area contributed by atoms with E-state index in [0.29, 0.717) is 16.6 Å². The van der Waals surface area contributed by atoms with Crippen LogP contribution in [-0.2, 0) is 10.0 Å². The minimum absolute atomic E-state index is 0.141. The summed E-state index contributed by atoms with van der Waals surface area (Å²) in [5, 5.41) is 9.86. The van der Waals surface area contributed by atoms with Crippen molar-refractivity contribution in [2.24, 2.45) is 0 Å². The van der Waals surface area contributed by atoms with Crippen LogP contribution >= 0.6 is 15.9 Å². The molecule has 0 amide bonds. The first-order chi connectivity index (χ1) is 8.28. The molecular formula is C11H15BrN2O3S. The maximum atomic E-state index is 12.2. The first-order valence-electron chi connectivity index (χ1n) is 5.56. The Morgan fingerprint density at radius 3 is 2.61 bits per heavy atom. The highest BCUT2D eigenvalue weighted by Crippen LogP contribution is 2.31. The van der Waals surface area contributed by atoms with Gasteiger partial charge in [0.25, 0.3) is 0 Å². The summed E-state index contributed by atoms with van der Waals surface area (Å²) in [5.41, 5.74) is 5.17. The van der Waals surface area contributed by atoms with Crippen LogP contribution < -0.4 is 5.73 Å². The molecule has 18 heavy (non-hydrogen) atoms. The van der Waals surface area contributed by atoms with Crippen LogP contribution in [0.5, 0.6) is 0 Å². The molecule has 7 heteroatoms. The number of halogens is 1. The van der Waals surface area contributed by atoms with Crippen LogP contribution in [0.4, 0.5) is 5.69 Å². The summed E-state index contributed by atoms with van der Waals surface area (Å²) in [6, 6.07) is 4.52. The van der Waals surface area contributed by atoms with Gasteiger partial charge in [0.1, 0.15) is 0 Å². The fourth-order valence-electron chi connectivity index (χ4n) is 1.84. The van der Waals surface area contributed by atoms with E-state index in [-0.39, 0.29) is 18.0 Å². The summed E-state index contributed by atoms with van der Waals surface area (Å²) >= 11 is 3.22. The molecule has 0 bridgehead atoms. The lowest BCUT2D eigenvalue weighted by atomic mass is 9.94. The van der Waals surface area contributed by atoms with E-state index < -0.39 is 15.6 Å². The average Bonchev–Trinajstić information content (AvgIpc) is 2.28. The Hall–Kier alpha value is -0.630. The lowest BCUT2D eigenvalue weighted by Crippen LogP contribution is -2.62. The fourth-order valence-corrected chi connectivity index (χ4v) is 3.72. The molecule has 0 radical (unpaired) electrons. The van der Waals surface area contributed by atoms with Gasteiger partial charge < -0.3 is 10.8 Å². The second-order valence-electron chi connectivity index (χ2n) is 4.53. The number of nitrogen functional groups attached to an aromatic ring is 1. The number of aliphatic hydroxyl groups is 1. The largest absolute Gasteiger partial charge is 0.398 e. The van der Waals surface area contributed by atoms with Gasteiger partial charge >= 0.3 is 0 Å². The summed E-state index contributed by atoms with van der Waals surface area (Å²) in [6.45, 7) is 2.12. The van der Waals surface area contributed by atoms with E-state index in [1.807, 2.05) is 6.92 Å². The van der Waals surface area contributed by atoms with Crippen LogP contribution in [0.15, 0.2) is 27.6 Å². The molecule has 0 spiro atoms. The van der Waals surface area contributed by atoms with Crippen molar-refractivity contribution in [3.05, 3.63) is 22.7 Å². The van der Waals surface area contributed by atoms with Gasteiger partial charge in [-0.1, -0.05) is 6.92 Å². The van der Waals surface area contributed by atoms with Gasteiger partial charge in [-0.05, 0) is 40.5 Å². The van der Waals surface area contributed by atoms with Crippen LogP contribution in [0.2, 0.25) is 0 Å². The molecule has 0 unspecified atom stereocenters.